The van der Waals surface area contributed by atoms with Crippen LogP contribution in [0, 0.1) is 11.7 Å². The van der Waals surface area contributed by atoms with E-state index in [9.17, 15) is 14.0 Å². The number of amides is 1. The van der Waals surface area contributed by atoms with Gasteiger partial charge in [0.2, 0.25) is 5.91 Å². The van der Waals surface area contributed by atoms with Crippen LogP contribution in [0.1, 0.15) is 48.2 Å². The van der Waals surface area contributed by atoms with E-state index >= 15 is 0 Å². The van der Waals surface area contributed by atoms with Crippen molar-refractivity contribution in [2.45, 2.75) is 39.5 Å². The van der Waals surface area contributed by atoms with Gasteiger partial charge in [-0.15, -0.1) is 0 Å². The topological polar surface area (TPSA) is 46.2 Å². The first-order valence-corrected chi connectivity index (χ1v) is 9.07. The second kappa shape index (κ2) is 9.85. The number of ketones is 1. The molecule has 0 aliphatic heterocycles. The average Bonchev–Trinajstić information content (AvgIpc) is 2.60. The van der Waals surface area contributed by atoms with Gasteiger partial charge in [-0.3, -0.25) is 9.59 Å². The zero-order valence-corrected chi connectivity index (χ0v) is 15.4. The van der Waals surface area contributed by atoms with Crippen molar-refractivity contribution in [1.82, 2.24) is 5.32 Å². The molecule has 2 aromatic rings. The third-order valence-electron chi connectivity index (χ3n) is 4.12. The first-order chi connectivity index (χ1) is 12.4. The number of nitrogens with one attached hydrogen (secondary N) is 1. The lowest BCUT2D eigenvalue weighted by atomic mass is 9.99. The summed E-state index contributed by atoms with van der Waals surface area (Å²) in [6.45, 7) is 4.75. The quantitative estimate of drug-likeness (QED) is 0.680. The maximum absolute atomic E-state index is 13.1. The summed E-state index contributed by atoms with van der Waals surface area (Å²) >= 11 is 0. The minimum atomic E-state index is -0.279. The predicted molar refractivity (Wildman–Crippen MR) is 102 cm³/mol. The minimum Gasteiger partial charge on any atom is -0.356 e. The van der Waals surface area contributed by atoms with Gasteiger partial charge in [0.25, 0.3) is 0 Å². The van der Waals surface area contributed by atoms with Crippen molar-refractivity contribution in [2.24, 2.45) is 5.92 Å². The lowest BCUT2D eigenvalue weighted by molar-refractivity contribution is -0.121. The van der Waals surface area contributed by atoms with Crippen molar-refractivity contribution in [1.29, 1.82) is 0 Å². The summed E-state index contributed by atoms with van der Waals surface area (Å²) in [6, 6.07) is 13.9. The molecule has 138 valence electrons. The third kappa shape index (κ3) is 6.79. The van der Waals surface area contributed by atoms with Gasteiger partial charge >= 0.3 is 0 Å². The maximum Gasteiger partial charge on any atom is 0.220 e. The molecule has 0 fully saturated rings. The Hall–Kier alpha value is -2.49. The molecule has 0 spiro atoms. The van der Waals surface area contributed by atoms with Gasteiger partial charge in [0.1, 0.15) is 5.82 Å². The standard InChI is InChI=1S/C22H26FNO2/c1-16(2)14-18-6-8-19(9-7-18)21(25)10-11-22(26)24-13-12-17-4-3-5-20(23)15-17/h3-9,15-16H,10-14H2,1-2H3,(H,24,26). The van der Waals surface area contributed by atoms with E-state index in [1.807, 2.05) is 30.3 Å². The summed E-state index contributed by atoms with van der Waals surface area (Å²) < 4.78 is 13.1. The van der Waals surface area contributed by atoms with Crippen molar-refractivity contribution in [3.8, 4) is 0 Å². The molecule has 26 heavy (non-hydrogen) atoms. The number of carbonyl (C=O) groups is 2. The Morgan fingerprint density at radius 3 is 2.38 bits per heavy atom. The van der Waals surface area contributed by atoms with Crippen LogP contribution < -0.4 is 5.32 Å². The van der Waals surface area contributed by atoms with Gasteiger partial charge in [0.15, 0.2) is 5.78 Å². The molecule has 0 unspecified atom stereocenters. The highest BCUT2D eigenvalue weighted by atomic mass is 19.1. The van der Waals surface area contributed by atoms with Crippen LogP contribution in [-0.2, 0) is 17.6 Å². The number of carbonyl (C=O) groups excluding carboxylic acids is 2. The number of halogens is 1. The van der Waals surface area contributed by atoms with E-state index in [1.165, 1.54) is 17.7 Å². The third-order valence-corrected chi connectivity index (χ3v) is 4.12. The molecule has 0 aromatic heterocycles. The molecule has 2 rings (SSSR count). The smallest absolute Gasteiger partial charge is 0.220 e. The molecule has 0 atom stereocenters. The molecular formula is C22H26FNO2. The Morgan fingerprint density at radius 2 is 1.73 bits per heavy atom. The highest BCUT2D eigenvalue weighted by Gasteiger charge is 2.09. The normalized spacial score (nSPS) is 10.8. The van der Waals surface area contributed by atoms with Crippen molar-refractivity contribution < 1.29 is 14.0 Å². The highest BCUT2D eigenvalue weighted by molar-refractivity contribution is 5.97. The minimum absolute atomic E-state index is 0.0265. The van der Waals surface area contributed by atoms with Crippen LogP contribution in [0.2, 0.25) is 0 Å². The van der Waals surface area contributed by atoms with Crippen molar-refractivity contribution in [2.75, 3.05) is 6.54 Å². The zero-order valence-electron chi connectivity index (χ0n) is 15.4. The van der Waals surface area contributed by atoms with Crippen LogP contribution in [0.15, 0.2) is 48.5 Å². The largest absolute Gasteiger partial charge is 0.356 e. The van der Waals surface area contributed by atoms with E-state index < -0.39 is 0 Å². The van der Waals surface area contributed by atoms with Crippen LogP contribution in [0.3, 0.4) is 0 Å². The van der Waals surface area contributed by atoms with Gasteiger partial charge in [-0.2, -0.15) is 0 Å². The van der Waals surface area contributed by atoms with Gasteiger partial charge in [0.05, 0.1) is 0 Å². The summed E-state index contributed by atoms with van der Waals surface area (Å²) in [7, 11) is 0. The molecule has 0 aliphatic carbocycles. The van der Waals surface area contributed by atoms with Gasteiger partial charge in [-0.1, -0.05) is 50.2 Å². The van der Waals surface area contributed by atoms with Crippen LogP contribution in [-0.4, -0.2) is 18.2 Å². The van der Waals surface area contributed by atoms with E-state index in [0.29, 0.717) is 24.4 Å². The molecule has 2 aromatic carbocycles. The first kappa shape index (κ1) is 19.8. The SMILES string of the molecule is CC(C)Cc1ccc(C(=O)CCC(=O)NCCc2cccc(F)c2)cc1. The van der Waals surface area contributed by atoms with Crippen LogP contribution in [0.25, 0.3) is 0 Å². The summed E-state index contributed by atoms with van der Waals surface area (Å²) in [6.07, 6.45) is 1.90. The molecular weight excluding hydrogens is 329 g/mol. The van der Waals surface area contributed by atoms with Gasteiger partial charge in [0, 0.05) is 24.9 Å². The summed E-state index contributed by atoms with van der Waals surface area (Å²) in [4.78, 5) is 24.1. The Morgan fingerprint density at radius 1 is 1.00 bits per heavy atom. The number of hydrogen-bond donors (Lipinski definition) is 1. The molecule has 0 aliphatic rings. The zero-order chi connectivity index (χ0) is 18.9. The molecule has 4 heteroatoms. The van der Waals surface area contributed by atoms with Crippen molar-refractivity contribution >= 4 is 11.7 Å². The predicted octanol–water partition coefficient (Wildman–Crippen LogP) is 4.35. The lowest BCUT2D eigenvalue weighted by Gasteiger charge is -2.07. The molecule has 0 radical (unpaired) electrons. The molecule has 1 N–H and O–H groups in total. The summed E-state index contributed by atoms with van der Waals surface area (Å²) in [5.41, 5.74) is 2.69. The number of rotatable bonds is 9. The van der Waals surface area contributed by atoms with Crippen LogP contribution >= 0.6 is 0 Å². The Labute approximate surface area is 154 Å². The number of hydrogen-bond acceptors (Lipinski definition) is 2. The van der Waals surface area contributed by atoms with Gasteiger partial charge < -0.3 is 5.32 Å². The van der Waals surface area contributed by atoms with E-state index in [0.717, 1.165) is 12.0 Å². The maximum atomic E-state index is 13.1. The first-order valence-electron chi connectivity index (χ1n) is 9.07. The monoisotopic (exact) mass is 355 g/mol. The van der Waals surface area contributed by atoms with Crippen LogP contribution in [0.4, 0.5) is 4.39 Å². The molecule has 0 saturated carbocycles. The summed E-state index contributed by atoms with van der Waals surface area (Å²) in [5, 5.41) is 2.77. The van der Waals surface area contributed by atoms with Gasteiger partial charge in [-0.25, -0.2) is 4.39 Å². The molecule has 1 amide bonds. The highest BCUT2D eigenvalue weighted by Crippen LogP contribution is 2.12. The summed E-state index contributed by atoms with van der Waals surface area (Å²) in [5.74, 6) is 0.110. The molecule has 0 bridgehead atoms. The Balaban J connectivity index is 1.71. The van der Waals surface area contributed by atoms with E-state index in [4.69, 9.17) is 0 Å². The fourth-order valence-electron chi connectivity index (χ4n) is 2.80. The lowest BCUT2D eigenvalue weighted by Crippen LogP contribution is -2.26. The number of benzene rings is 2. The second-order valence-corrected chi connectivity index (χ2v) is 6.95. The number of Topliss-reactive ketones (excluding diaryl/α,β-unsaturated/α-hetero) is 1. The second-order valence-electron chi connectivity index (χ2n) is 6.95. The van der Waals surface area contributed by atoms with E-state index in [-0.39, 0.29) is 30.3 Å². The fourth-order valence-corrected chi connectivity index (χ4v) is 2.80. The fraction of sp³-hybridized carbons (Fsp3) is 0.364. The van der Waals surface area contributed by atoms with E-state index in [1.54, 1.807) is 6.07 Å². The Kier molecular flexibility index (Phi) is 7.52. The van der Waals surface area contributed by atoms with E-state index in [2.05, 4.69) is 19.2 Å². The van der Waals surface area contributed by atoms with Crippen molar-refractivity contribution in [3.63, 3.8) is 0 Å². The molecule has 0 saturated heterocycles. The molecule has 3 nitrogen and oxygen atoms in total. The van der Waals surface area contributed by atoms with Gasteiger partial charge in [-0.05, 0) is 42.0 Å². The van der Waals surface area contributed by atoms with Crippen molar-refractivity contribution in [3.05, 3.63) is 71.0 Å². The Bertz CT molecular complexity index is 738. The van der Waals surface area contributed by atoms with Crippen LogP contribution in [0.5, 0.6) is 0 Å². The average molecular weight is 355 g/mol. The molecule has 0 heterocycles.